The predicted molar refractivity (Wildman–Crippen MR) is 175 cm³/mol. The van der Waals surface area contributed by atoms with E-state index in [9.17, 15) is 23.1 Å². The lowest BCUT2D eigenvalue weighted by atomic mass is 9.94. The van der Waals surface area contributed by atoms with Gasteiger partial charge in [0.25, 0.3) is 12.3 Å². The second kappa shape index (κ2) is 13.2. The van der Waals surface area contributed by atoms with Crippen LogP contribution >= 0.6 is 11.3 Å². The quantitative estimate of drug-likeness (QED) is 0.191. The van der Waals surface area contributed by atoms with Gasteiger partial charge in [-0.3, -0.25) is 14.8 Å². The van der Waals surface area contributed by atoms with E-state index in [1.807, 2.05) is 31.2 Å². The molecule has 0 radical (unpaired) electrons. The number of halogens is 3. The van der Waals surface area contributed by atoms with Crippen molar-refractivity contribution in [2.75, 3.05) is 31.6 Å². The number of aromatic nitrogens is 5. The van der Waals surface area contributed by atoms with E-state index >= 15 is 0 Å². The molecule has 13 heteroatoms. The maximum Gasteiger partial charge on any atom is 0.264 e. The van der Waals surface area contributed by atoms with Crippen LogP contribution in [0.1, 0.15) is 53.4 Å². The van der Waals surface area contributed by atoms with Crippen molar-refractivity contribution in [2.24, 2.45) is 5.92 Å². The number of aliphatic hydroxyl groups excluding tert-OH is 1. The first-order valence-corrected chi connectivity index (χ1v) is 16.8. The van der Waals surface area contributed by atoms with E-state index < -0.39 is 24.5 Å². The molecule has 2 aliphatic rings. The number of rotatable bonds is 10. The van der Waals surface area contributed by atoms with Crippen LogP contribution in [-0.4, -0.2) is 72.6 Å². The van der Waals surface area contributed by atoms with Crippen molar-refractivity contribution in [3.05, 3.63) is 82.5 Å². The second-order valence-electron chi connectivity index (χ2n) is 12.5. The monoisotopic (exact) mass is 663 g/mol. The number of aryl methyl sites for hydroxylation is 1. The highest BCUT2D eigenvalue weighted by Crippen LogP contribution is 2.38. The summed E-state index contributed by atoms with van der Waals surface area (Å²) in [5.41, 5.74) is 4.40. The summed E-state index contributed by atoms with van der Waals surface area (Å²) in [6.45, 7) is 5.14. The molecule has 1 saturated heterocycles. The van der Waals surface area contributed by atoms with Gasteiger partial charge in [0.2, 0.25) is 0 Å². The lowest BCUT2D eigenvalue weighted by Crippen LogP contribution is -2.36. The number of anilines is 1. The lowest BCUT2D eigenvalue weighted by molar-refractivity contribution is -0.118. The van der Waals surface area contributed by atoms with Crippen molar-refractivity contribution in [1.29, 1.82) is 0 Å². The number of benzene rings is 2. The first kappa shape index (κ1) is 31.5. The van der Waals surface area contributed by atoms with Gasteiger partial charge in [-0.1, -0.05) is 24.3 Å². The van der Waals surface area contributed by atoms with Gasteiger partial charge < -0.3 is 14.6 Å². The van der Waals surface area contributed by atoms with Gasteiger partial charge in [-0.2, -0.15) is 5.10 Å². The topological polar surface area (TPSA) is 101 Å². The molecule has 0 bridgehead atoms. The Kier molecular flexibility index (Phi) is 8.86. The maximum absolute atomic E-state index is 14.6. The summed E-state index contributed by atoms with van der Waals surface area (Å²) in [5.74, 6) is -0.0979. The third-order valence-electron chi connectivity index (χ3n) is 9.51. The Morgan fingerprint density at radius 2 is 1.96 bits per heavy atom. The second-order valence-corrected chi connectivity index (χ2v) is 13.4. The molecule has 3 aromatic heterocycles. The van der Waals surface area contributed by atoms with Crippen molar-refractivity contribution in [3.63, 3.8) is 0 Å². The zero-order valence-corrected chi connectivity index (χ0v) is 26.8. The summed E-state index contributed by atoms with van der Waals surface area (Å²) in [4.78, 5) is 24.8. The van der Waals surface area contributed by atoms with Gasteiger partial charge in [0, 0.05) is 54.0 Å². The van der Waals surface area contributed by atoms with E-state index in [0.717, 1.165) is 50.0 Å². The number of likely N-dealkylation sites (tertiary alicyclic amines) is 1. The number of amides is 1. The molecule has 1 unspecified atom stereocenters. The van der Waals surface area contributed by atoms with E-state index in [1.165, 1.54) is 34.6 Å². The van der Waals surface area contributed by atoms with E-state index in [4.69, 9.17) is 5.10 Å². The third kappa shape index (κ3) is 6.31. The number of thiazole rings is 1. The molecule has 9 nitrogen and oxygen atoms in total. The number of nitrogens with one attached hydrogen (secondary N) is 1. The van der Waals surface area contributed by atoms with E-state index in [0.29, 0.717) is 39.1 Å². The van der Waals surface area contributed by atoms with Crippen molar-refractivity contribution in [3.8, 4) is 11.1 Å². The Morgan fingerprint density at radius 1 is 1.17 bits per heavy atom. The number of hydrogen-bond acceptors (Lipinski definition) is 7. The van der Waals surface area contributed by atoms with Crippen molar-refractivity contribution < 1.29 is 23.1 Å². The minimum absolute atomic E-state index is 0.0980. The molecule has 2 atom stereocenters. The van der Waals surface area contributed by atoms with Gasteiger partial charge in [0.1, 0.15) is 6.17 Å². The molecule has 1 fully saturated rings. The minimum Gasteiger partial charge on any atom is -0.396 e. The van der Waals surface area contributed by atoms with Crippen molar-refractivity contribution in [2.45, 2.75) is 57.8 Å². The molecule has 5 aromatic rings. The number of aliphatic hydroxyl groups is 1. The van der Waals surface area contributed by atoms with Crippen LogP contribution in [-0.2, 0) is 24.2 Å². The molecule has 47 heavy (non-hydrogen) atoms. The van der Waals surface area contributed by atoms with E-state index in [1.54, 1.807) is 16.1 Å². The number of carbonyl (C=O) groups excluding carboxylic acids is 1. The number of hydrogen-bond donors (Lipinski definition) is 2. The van der Waals surface area contributed by atoms with E-state index in [2.05, 4.69) is 20.2 Å². The first-order chi connectivity index (χ1) is 22.8. The Balaban J connectivity index is 1.21. The number of piperidine rings is 1. The van der Waals surface area contributed by atoms with Crippen LogP contribution in [0, 0.1) is 12.8 Å². The highest BCUT2D eigenvalue weighted by molar-refractivity contribution is 7.13. The summed E-state index contributed by atoms with van der Waals surface area (Å²) in [7, 11) is 0. The highest BCUT2D eigenvalue weighted by atomic mass is 32.1. The fraction of sp³-hybridized carbons (Fsp3) is 0.412. The van der Waals surface area contributed by atoms with Gasteiger partial charge in [-0.05, 0) is 73.5 Å². The van der Waals surface area contributed by atoms with Gasteiger partial charge in [0.05, 0.1) is 24.1 Å². The molecule has 2 N–H and O–H groups in total. The van der Waals surface area contributed by atoms with Crippen LogP contribution in [0.15, 0.2) is 54.4 Å². The number of carbonyl (C=O) groups is 1. The SMILES string of the molecule is Cc1c(-c2ccc(CCN3CCC(CO)CC3)cc2)cc(C(F)F)c2cn(C(C(=O)Nc3nccs3)c3ncn4c3C[C@@H](F)C4)nc12. The molecule has 2 aromatic carbocycles. The first-order valence-electron chi connectivity index (χ1n) is 15.9. The minimum atomic E-state index is -2.78. The molecule has 2 aliphatic heterocycles. The summed E-state index contributed by atoms with van der Waals surface area (Å²) < 4.78 is 46.7. The maximum atomic E-state index is 14.6. The van der Waals surface area contributed by atoms with Gasteiger partial charge >= 0.3 is 0 Å². The van der Waals surface area contributed by atoms with Gasteiger partial charge in [-0.15, -0.1) is 11.3 Å². The Labute approximate surface area is 274 Å². The Bertz CT molecular complexity index is 1860. The molecular weight excluding hydrogens is 627 g/mol. The van der Waals surface area contributed by atoms with Gasteiger partial charge in [-0.25, -0.2) is 23.1 Å². The molecule has 0 aliphatic carbocycles. The lowest BCUT2D eigenvalue weighted by Gasteiger charge is -2.31. The highest BCUT2D eigenvalue weighted by Gasteiger charge is 2.35. The fourth-order valence-corrected chi connectivity index (χ4v) is 7.37. The third-order valence-corrected chi connectivity index (χ3v) is 10.2. The van der Waals surface area contributed by atoms with Gasteiger partial charge in [0.15, 0.2) is 11.2 Å². The van der Waals surface area contributed by atoms with Crippen molar-refractivity contribution in [1.82, 2.24) is 29.2 Å². The molecule has 0 saturated carbocycles. The van der Waals surface area contributed by atoms with Crippen LogP contribution in [0.4, 0.5) is 18.3 Å². The number of nitrogens with zero attached hydrogens (tertiary/aromatic N) is 6. The van der Waals surface area contributed by atoms with Crippen LogP contribution in [0.5, 0.6) is 0 Å². The fourth-order valence-electron chi connectivity index (χ4n) is 6.84. The van der Waals surface area contributed by atoms with E-state index in [-0.39, 0.29) is 30.5 Å². The summed E-state index contributed by atoms with van der Waals surface area (Å²) in [6.07, 6.45) is 3.66. The van der Waals surface area contributed by atoms with Crippen LogP contribution in [0.2, 0.25) is 0 Å². The van der Waals surface area contributed by atoms with Crippen LogP contribution in [0.3, 0.4) is 0 Å². The number of fused-ring (bicyclic) bond motifs is 2. The average molecular weight is 664 g/mol. The van der Waals surface area contributed by atoms with Crippen LogP contribution in [0.25, 0.3) is 22.0 Å². The smallest absolute Gasteiger partial charge is 0.264 e. The van der Waals surface area contributed by atoms with Crippen molar-refractivity contribution >= 4 is 33.3 Å². The standard InChI is InChI=1S/C34H36F3N7O2S/c1-20-25(23-4-2-21(3-5-23)6-10-42-11-7-22(18-45)8-12-42)15-26(32(36)37)27-17-44(41-29(20)27)31(33(46)40-34-38-9-13-47-34)30-28-14-24(35)16-43(28)19-39-30/h2-5,9,13,15,17,19,22,24,31-32,45H,6-8,10-12,14,16,18H2,1H3,(H,38,40,46)/t24-,31?/m1/s1. The predicted octanol–water partition coefficient (Wildman–Crippen LogP) is 5.97. The number of alkyl halides is 3. The molecule has 5 heterocycles. The van der Waals surface area contributed by atoms with Crippen LogP contribution < -0.4 is 5.32 Å². The summed E-state index contributed by atoms with van der Waals surface area (Å²) in [6, 6.07) is 8.38. The molecule has 0 spiro atoms. The number of imidazole rings is 1. The molecule has 7 rings (SSSR count). The average Bonchev–Trinajstić information content (AvgIpc) is 3.88. The molecule has 246 valence electrons. The normalized spacial score (nSPS) is 17.9. The Hall–Kier alpha value is -4.07. The largest absolute Gasteiger partial charge is 0.396 e. The summed E-state index contributed by atoms with van der Waals surface area (Å²) >= 11 is 1.24. The molecular formula is C34H36F3N7O2S. The molecule has 1 amide bonds. The zero-order chi connectivity index (χ0) is 32.7. The Morgan fingerprint density at radius 3 is 2.66 bits per heavy atom. The zero-order valence-electron chi connectivity index (χ0n) is 26.0. The summed E-state index contributed by atoms with van der Waals surface area (Å²) in [5, 5.41) is 19.3.